The summed E-state index contributed by atoms with van der Waals surface area (Å²) in [7, 11) is 0. The Labute approximate surface area is 186 Å². The molecule has 31 heavy (non-hydrogen) atoms. The molecule has 7 heteroatoms. The van der Waals surface area contributed by atoms with Gasteiger partial charge in [-0.2, -0.15) is 0 Å². The zero-order chi connectivity index (χ0) is 22.2. The third kappa shape index (κ3) is 6.52. The van der Waals surface area contributed by atoms with Crippen molar-refractivity contribution in [2.24, 2.45) is 0 Å². The average molecular weight is 433 g/mol. The Kier molecular flexibility index (Phi) is 7.56. The molecule has 2 N–H and O–H groups in total. The summed E-state index contributed by atoms with van der Waals surface area (Å²) in [6, 6.07) is 13.1. The highest BCUT2D eigenvalue weighted by molar-refractivity contribution is 7.98. The quantitative estimate of drug-likeness (QED) is 0.380. The molecular weight excluding hydrogens is 408 g/mol. The summed E-state index contributed by atoms with van der Waals surface area (Å²) in [4.78, 5) is 33.2. The highest BCUT2D eigenvalue weighted by atomic mass is 32.2. The van der Waals surface area contributed by atoms with Gasteiger partial charge in [0.15, 0.2) is 0 Å². The van der Waals surface area contributed by atoms with Gasteiger partial charge >= 0.3 is 0 Å². The summed E-state index contributed by atoms with van der Waals surface area (Å²) in [5.41, 5.74) is 4.41. The van der Waals surface area contributed by atoms with Gasteiger partial charge in [0.2, 0.25) is 5.91 Å². The van der Waals surface area contributed by atoms with Gasteiger partial charge in [0.25, 0.3) is 5.91 Å². The first-order valence-corrected chi connectivity index (χ1v) is 10.8. The van der Waals surface area contributed by atoms with Gasteiger partial charge in [0.1, 0.15) is 10.8 Å². The molecule has 2 aromatic heterocycles. The Morgan fingerprint density at radius 1 is 1.03 bits per heavy atom. The first kappa shape index (κ1) is 22.2. The van der Waals surface area contributed by atoms with Crippen molar-refractivity contribution in [1.82, 2.24) is 9.97 Å². The molecule has 0 aliphatic rings. The number of pyridine rings is 2. The van der Waals surface area contributed by atoms with Crippen LogP contribution in [0.4, 0.5) is 11.5 Å². The van der Waals surface area contributed by atoms with E-state index in [0.29, 0.717) is 22.2 Å². The molecule has 6 nitrogen and oxygen atoms in total. The number of nitrogens with zero attached hydrogens (tertiary/aromatic N) is 2. The Morgan fingerprint density at radius 3 is 2.55 bits per heavy atom. The van der Waals surface area contributed by atoms with Crippen LogP contribution in [0.2, 0.25) is 0 Å². The molecule has 0 saturated heterocycles. The fraction of sp³-hybridized carbons (Fsp3) is 0.167. The number of benzene rings is 1. The van der Waals surface area contributed by atoms with Gasteiger partial charge in [0, 0.05) is 30.3 Å². The van der Waals surface area contributed by atoms with Crippen LogP contribution in [0.3, 0.4) is 0 Å². The van der Waals surface area contributed by atoms with E-state index in [1.165, 1.54) is 11.8 Å². The molecule has 0 fully saturated rings. The molecule has 0 spiro atoms. The van der Waals surface area contributed by atoms with E-state index in [2.05, 4.69) is 33.2 Å². The smallest absolute Gasteiger partial charge is 0.258 e. The molecule has 1 aromatic carbocycles. The lowest BCUT2D eigenvalue weighted by Crippen LogP contribution is -2.14. The van der Waals surface area contributed by atoms with Crippen molar-refractivity contribution in [2.75, 3.05) is 10.6 Å². The number of hydrogen-bond donors (Lipinski definition) is 2. The minimum atomic E-state index is -0.201. The molecule has 3 aromatic rings. The zero-order valence-electron chi connectivity index (χ0n) is 17.5. The molecule has 0 bridgehead atoms. The molecule has 0 aliphatic heterocycles. The summed E-state index contributed by atoms with van der Waals surface area (Å²) in [6.45, 7) is 7.55. The first-order valence-electron chi connectivity index (χ1n) is 9.78. The monoisotopic (exact) mass is 432 g/mol. The van der Waals surface area contributed by atoms with Crippen LogP contribution >= 0.6 is 11.8 Å². The number of amides is 2. The highest BCUT2D eigenvalue weighted by Gasteiger charge is 2.14. The second-order valence-corrected chi connectivity index (χ2v) is 8.03. The summed E-state index contributed by atoms with van der Waals surface area (Å²) in [5.74, 6) is 0.696. The maximum atomic E-state index is 12.9. The van der Waals surface area contributed by atoms with Gasteiger partial charge in [-0.05, 0) is 66.9 Å². The van der Waals surface area contributed by atoms with Crippen molar-refractivity contribution in [3.8, 4) is 0 Å². The van der Waals surface area contributed by atoms with Crippen molar-refractivity contribution in [2.45, 2.75) is 31.0 Å². The number of rotatable bonds is 8. The zero-order valence-corrected chi connectivity index (χ0v) is 18.3. The Morgan fingerprint density at radius 2 is 1.81 bits per heavy atom. The summed E-state index contributed by atoms with van der Waals surface area (Å²) < 4.78 is 0. The Bertz CT molecular complexity index is 1090. The molecule has 2 amide bonds. The number of aromatic nitrogens is 2. The van der Waals surface area contributed by atoms with Crippen molar-refractivity contribution in [3.63, 3.8) is 0 Å². The van der Waals surface area contributed by atoms with E-state index in [1.807, 2.05) is 38.1 Å². The van der Waals surface area contributed by atoms with Gasteiger partial charge in [0.05, 0.1) is 5.56 Å². The van der Waals surface area contributed by atoms with E-state index in [9.17, 15) is 9.59 Å². The maximum Gasteiger partial charge on any atom is 0.258 e. The molecule has 158 valence electrons. The van der Waals surface area contributed by atoms with E-state index in [-0.39, 0.29) is 18.2 Å². The molecule has 2 heterocycles. The standard InChI is InChI=1S/C24H24N4O2S/c1-4-6-22(29)28-21-14-18(8-10-25-21)15-31-24-20(7-5-9-26-24)23(30)27-19-12-16(2)11-17(3)13-19/h4-5,7-14H,1,6,15H2,2-3H3,(H,27,30)(H,25,28,29). The van der Waals surface area contributed by atoms with Gasteiger partial charge in [-0.3, -0.25) is 9.59 Å². The largest absolute Gasteiger partial charge is 0.322 e. The molecule has 0 atom stereocenters. The van der Waals surface area contributed by atoms with Crippen LogP contribution in [-0.2, 0) is 10.5 Å². The van der Waals surface area contributed by atoms with Crippen LogP contribution in [0.25, 0.3) is 0 Å². The van der Waals surface area contributed by atoms with Crippen molar-refractivity contribution >= 4 is 35.1 Å². The molecule has 0 radical (unpaired) electrons. The van der Waals surface area contributed by atoms with Gasteiger partial charge in [-0.1, -0.05) is 12.1 Å². The number of carbonyl (C=O) groups excluding carboxylic acids is 2. The molecule has 3 rings (SSSR count). The Balaban J connectivity index is 1.70. The molecule has 0 aliphatic carbocycles. The summed E-state index contributed by atoms with van der Waals surface area (Å²) >= 11 is 1.45. The predicted molar refractivity (Wildman–Crippen MR) is 125 cm³/mol. The number of hydrogen-bond acceptors (Lipinski definition) is 5. The van der Waals surface area contributed by atoms with Gasteiger partial charge in [-0.25, -0.2) is 9.97 Å². The van der Waals surface area contributed by atoms with Crippen LogP contribution in [0.5, 0.6) is 0 Å². The van der Waals surface area contributed by atoms with Crippen molar-refractivity contribution in [3.05, 3.63) is 89.8 Å². The average Bonchev–Trinajstić information content (AvgIpc) is 2.72. The van der Waals surface area contributed by atoms with Crippen LogP contribution in [0.15, 0.2) is 72.5 Å². The van der Waals surface area contributed by atoms with Crippen LogP contribution in [0, 0.1) is 13.8 Å². The van der Waals surface area contributed by atoms with E-state index in [4.69, 9.17) is 0 Å². The Hall–Kier alpha value is -3.45. The summed E-state index contributed by atoms with van der Waals surface area (Å²) in [5, 5.41) is 6.34. The fourth-order valence-electron chi connectivity index (χ4n) is 3.03. The van der Waals surface area contributed by atoms with Gasteiger partial charge < -0.3 is 10.6 Å². The third-order valence-electron chi connectivity index (χ3n) is 4.29. The van der Waals surface area contributed by atoms with Gasteiger partial charge in [-0.15, -0.1) is 18.3 Å². The lowest BCUT2D eigenvalue weighted by Gasteiger charge is -2.11. The molecular formula is C24H24N4O2S. The fourth-order valence-corrected chi connectivity index (χ4v) is 3.97. The topological polar surface area (TPSA) is 84.0 Å². The number of thioether (sulfide) groups is 1. The lowest BCUT2D eigenvalue weighted by molar-refractivity contribution is -0.115. The normalized spacial score (nSPS) is 10.4. The second-order valence-electron chi connectivity index (χ2n) is 7.07. The van der Waals surface area contributed by atoms with E-state index in [0.717, 1.165) is 22.4 Å². The SMILES string of the molecule is C=CCC(=O)Nc1cc(CSc2ncccc2C(=O)Nc2cc(C)cc(C)c2)ccn1. The summed E-state index contributed by atoms with van der Waals surface area (Å²) in [6.07, 6.45) is 5.09. The number of nitrogens with one attached hydrogen (secondary N) is 2. The number of aryl methyl sites for hydroxylation is 2. The predicted octanol–water partition coefficient (Wildman–Crippen LogP) is 5.15. The lowest BCUT2D eigenvalue weighted by atomic mass is 10.1. The minimum Gasteiger partial charge on any atom is -0.322 e. The minimum absolute atomic E-state index is 0.164. The first-order chi connectivity index (χ1) is 14.9. The van der Waals surface area contributed by atoms with E-state index >= 15 is 0 Å². The number of carbonyl (C=O) groups is 2. The van der Waals surface area contributed by atoms with Crippen LogP contribution < -0.4 is 10.6 Å². The van der Waals surface area contributed by atoms with E-state index < -0.39 is 0 Å². The van der Waals surface area contributed by atoms with Crippen molar-refractivity contribution in [1.29, 1.82) is 0 Å². The maximum absolute atomic E-state index is 12.9. The molecule has 0 saturated carbocycles. The molecule has 0 unspecified atom stereocenters. The third-order valence-corrected chi connectivity index (χ3v) is 5.37. The van der Waals surface area contributed by atoms with Crippen LogP contribution in [0.1, 0.15) is 33.5 Å². The highest BCUT2D eigenvalue weighted by Crippen LogP contribution is 2.26. The number of anilines is 2. The van der Waals surface area contributed by atoms with Crippen molar-refractivity contribution < 1.29 is 9.59 Å². The van der Waals surface area contributed by atoms with Crippen LogP contribution in [-0.4, -0.2) is 21.8 Å². The second kappa shape index (κ2) is 10.5. The van der Waals surface area contributed by atoms with E-state index in [1.54, 1.807) is 30.6 Å².